The molecule has 1 aliphatic carbocycles. The molecular formula is C9H17NO2. The van der Waals surface area contributed by atoms with Gasteiger partial charge in [-0.05, 0) is 11.8 Å². The van der Waals surface area contributed by atoms with E-state index in [2.05, 4.69) is 6.92 Å². The van der Waals surface area contributed by atoms with Crippen LogP contribution in [0.2, 0.25) is 0 Å². The van der Waals surface area contributed by atoms with Gasteiger partial charge in [0.15, 0.2) is 0 Å². The molecule has 1 saturated carbocycles. The van der Waals surface area contributed by atoms with Gasteiger partial charge < -0.3 is 10.8 Å². The molecule has 0 spiro atoms. The first kappa shape index (κ1) is 9.52. The lowest BCUT2D eigenvalue weighted by Gasteiger charge is -2.34. The molecule has 3 nitrogen and oxygen atoms in total. The van der Waals surface area contributed by atoms with Crippen LogP contribution in [0.4, 0.5) is 0 Å². The highest BCUT2D eigenvalue weighted by Gasteiger charge is 2.28. The normalized spacial score (nSPS) is 22.8. The second-order valence-corrected chi connectivity index (χ2v) is 3.81. The molecule has 0 radical (unpaired) electrons. The molecule has 3 N–H and O–H groups in total. The fraction of sp³-hybridized carbons (Fsp3) is 0.889. The molecule has 0 aliphatic heterocycles. The van der Waals surface area contributed by atoms with Gasteiger partial charge in [0.2, 0.25) is 0 Å². The lowest BCUT2D eigenvalue weighted by atomic mass is 9.73. The number of hydrogen-bond donors (Lipinski definition) is 2. The Morgan fingerprint density at radius 1 is 1.67 bits per heavy atom. The molecule has 0 aromatic carbocycles. The zero-order valence-electron chi connectivity index (χ0n) is 7.49. The van der Waals surface area contributed by atoms with E-state index < -0.39 is 5.97 Å². The van der Waals surface area contributed by atoms with Crippen LogP contribution >= 0.6 is 0 Å². The van der Waals surface area contributed by atoms with Crippen molar-refractivity contribution in [2.24, 2.45) is 17.6 Å². The quantitative estimate of drug-likeness (QED) is 0.668. The van der Waals surface area contributed by atoms with E-state index in [1.165, 1.54) is 19.3 Å². The Balaban J connectivity index is 2.29. The number of carboxylic acids is 1. The first-order chi connectivity index (χ1) is 5.61. The number of aliphatic carboxylic acids is 1. The predicted octanol–water partition coefficient (Wildman–Crippen LogP) is 1.22. The van der Waals surface area contributed by atoms with Gasteiger partial charge in [-0.1, -0.05) is 26.2 Å². The van der Waals surface area contributed by atoms with E-state index in [4.69, 9.17) is 10.8 Å². The van der Waals surface area contributed by atoms with Gasteiger partial charge in [0.25, 0.3) is 0 Å². The summed E-state index contributed by atoms with van der Waals surface area (Å²) in [6.07, 6.45) is 3.86. The van der Waals surface area contributed by atoms with Gasteiger partial charge >= 0.3 is 5.97 Å². The molecule has 0 bridgehead atoms. The zero-order valence-corrected chi connectivity index (χ0v) is 7.49. The summed E-state index contributed by atoms with van der Waals surface area (Å²) in [4.78, 5) is 10.4. The summed E-state index contributed by atoms with van der Waals surface area (Å²) in [5.74, 6) is 0.267. The third kappa shape index (κ3) is 2.21. The molecule has 0 amide bonds. The van der Waals surface area contributed by atoms with Crippen LogP contribution in [0, 0.1) is 11.8 Å². The number of carbonyl (C=O) groups is 1. The van der Waals surface area contributed by atoms with Crippen molar-refractivity contribution in [2.45, 2.75) is 38.6 Å². The second kappa shape index (κ2) is 3.90. The molecule has 1 rings (SSSR count). The first-order valence-electron chi connectivity index (χ1n) is 4.58. The van der Waals surface area contributed by atoms with Crippen molar-refractivity contribution in [3.05, 3.63) is 0 Å². The maximum absolute atomic E-state index is 10.4. The minimum absolute atomic E-state index is 0.109. The average molecular weight is 171 g/mol. The zero-order chi connectivity index (χ0) is 9.14. The standard InChI is InChI=1S/C9H17NO2/c1-6(7-3-2-4-7)8(10)5-9(11)12/h6-8H,2-5,10H2,1H3,(H,11,12)/t6-,8+/m0/s1. The fourth-order valence-electron chi connectivity index (χ4n) is 1.70. The van der Waals surface area contributed by atoms with E-state index in [1.54, 1.807) is 0 Å². The summed E-state index contributed by atoms with van der Waals surface area (Å²) in [6, 6.07) is -0.159. The largest absolute Gasteiger partial charge is 0.481 e. The number of carboxylic acid groups (broad SMARTS) is 1. The highest BCUT2D eigenvalue weighted by molar-refractivity contribution is 5.67. The highest BCUT2D eigenvalue weighted by atomic mass is 16.4. The van der Waals surface area contributed by atoms with Gasteiger partial charge in [0.1, 0.15) is 0 Å². The van der Waals surface area contributed by atoms with E-state index >= 15 is 0 Å². The molecule has 0 aromatic heterocycles. The maximum atomic E-state index is 10.4. The predicted molar refractivity (Wildman–Crippen MR) is 46.7 cm³/mol. The van der Waals surface area contributed by atoms with Crippen molar-refractivity contribution >= 4 is 5.97 Å². The van der Waals surface area contributed by atoms with Crippen molar-refractivity contribution in [2.75, 3.05) is 0 Å². The van der Waals surface area contributed by atoms with E-state index in [-0.39, 0.29) is 12.5 Å². The Kier molecular flexibility index (Phi) is 3.09. The van der Waals surface area contributed by atoms with Crippen LogP contribution in [-0.2, 0) is 4.79 Å². The van der Waals surface area contributed by atoms with Gasteiger partial charge in [-0.15, -0.1) is 0 Å². The summed E-state index contributed by atoms with van der Waals surface area (Å²) in [5.41, 5.74) is 5.75. The van der Waals surface area contributed by atoms with Crippen molar-refractivity contribution < 1.29 is 9.90 Å². The van der Waals surface area contributed by atoms with Gasteiger partial charge in [-0.25, -0.2) is 0 Å². The number of nitrogens with two attached hydrogens (primary N) is 1. The smallest absolute Gasteiger partial charge is 0.304 e. The van der Waals surface area contributed by atoms with Crippen LogP contribution in [-0.4, -0.2) is 17.1 Å². The Morgan fingerprint density at radius 2 is 2.25 bits per heavy atom. The maximum Gasteiger partial charge on any atom is 0.304 e. The molecule has 70 valence electrons. The van der Waals surface area contributed by atoms with Gasteiger partial charge in [0, 0.05) is 6.04 Å². The van der Waals surface area contributed by atoms with E-state index in [1.807, 2.05) is 0 Å². The van der Waals surface area contributed by atoms with Crippen molar-refractivity contribution in [1.29, 1.82) is 0 Å². The Labute approximate surface area is 72.9 Å². The molecule has 12 heavy (non-hydrogen) atoms. The summed E-state index contributed by atoms with van der Waals surface area (Å²) in [5, 5.41) is 8.53. The SMILES string of the molecule is C[C@@H](C1CCC1)[C@H](N)CC(=O)O. The minimum Gasteiger partial charge on any atom is -0.481 e. The average Bonchev–Trinajstić information content (AvgIpc) is 1.81. The van der Waals surface area contributed by atoms with E-state index in [0.717, 1.165) is 0 Å². The number of rotatable bonds is 4. The third-order valence-electron chi connectivity index (χ3n) is 2.98. The summed E-state index contributed by atoms with van der Waals surface area (Å²) >= 11 is 0. The van der Waals surface area contributed by atoms with Gasteiger partial charge in [-0.2, -0.15) is 0 Å². The van der Waals surface area contributed by atoms with Crippen molar-refractivity contribution in [1.82, 2.24) is 0 Å². The Morgan fingerprint density at radius 3 is 2.58 bits per heavy atom. The van der Waals surface area contributed by atoms with Crippen LogP contribution in [0.25, 0.3) is 0 Å². The van der Waals surface area contributed by atoms with Crippen LogP contribution < -0.4 is 5.73 Å². The molecular weight excluding hydrogens is 154 g/mol. The molecule has 3 heteroatoms. The summed E-state index contributed by atoms with van der Waals surface area (Å²) < 4.78 is 0. The van der Waals surface area contributed by atoms with Crippen LogP contribution in [0.3, 0.4) is 0 Å². The fourth-order valence-corrected chi connectivity index (χ4v) is 1.70. The highest BCUT2D eigenvalue weighted by Crippen LogP contribution is 2.34. The van der Waals surface area contributed by atoms with Crippen molar-refractivity contribution in [3.8, 4) is 0 Å². The lowest BCUT2D eigenvalue weighted by Crippen LogP contribution is -2.37. The summed E-state index contributed by atoms with van der Waals surface area (Å²) in [7, 11) is 0. The van der Waals surface area contributed by atoms with E-state index in [9.17, 15) is 4.79 Å². The molecule has 1 aliphatic rings. The minimum atomic E-state index is -0.784. The topological polar surface area (TPSA) is 63.3 Å². The molecule has 0 heterocycles. The van der Waals surface area contributed by atoms with Crippen LogP contribution in [0.1, 0.15) is 32.6 Å². The monoisotopic (exact) mass is 171 g/mol. The van der Waals surface area contributed by atoms with Crippen LogP contribution in [0.5, 0.6) is 0 Å². The third-order valence-corrected chi connectivity index (χ3v) is 2.98. The molecule has 1 fully saturated rings. The summed E-state index contributed by atoms with van der Waals surface area (Å²) in [6.45, 7) is 2.07. The molecule has 0 saturated heterocycles. The van der Waals surface area contributed by atoms with Crippen LogP contribution in [0.15, 0.2) is 0 Å². The van der Waals surface area contributed by atoms with E-state index in [0.29, 0.717) is 11.8 Å². The molecule has 2 atom stereocenters. The first-order valence-corrected chi connectivity index (χ1v) is 4.58. The van der Waals surface area contributed by atoms with Gasteiger partial charge in [-0.3, -0.25) is 4.79 Å². The molecule has 0 unspecified atom stereocenters. The van der Waals surface area contributed by atoms with Gasteiger partial charge in [0.05, 0.1) is 6.42 Å². The lowest BCUT2D eigenvalue weighted by molar-refractivity contribution is -0.137. The molecule has 0 aromatic rings. The van der Waals surface area contributed by atoms with Crippen molar-refractivity contribution in [3.63, 3.8) is 0 Å². The Bertz CT molecular complexity index is 166. The second-order valence-electron chi connectivity index (χ2n) is 3.81. The Hall–Kier alpha value is -0.570. The number of hydrogen-bond acceptors (Lipinski definition) is 2.